The largest absolute Gasteiger partial charge is 0.433 e. The molecule has 2 aromatic heterocycles. The Bertz CT molecular complexity index is 1550. The second-order valence-corrected chi connectivity index (χ2v) is 11.1. The Balaban J connectivity index is 1.47. The monoisotopic (exact) mass is 628 g/mol. The van der Waals surface area contributed by atoms with Crippen LogP contribution in [0.2, 0.25) is 5.02 Å². The van der Waals surface area contributed by atoms with Crippen LogP contribution >= 0.6 is 11.6 Å². The number of amides is 2. The van der Waals surface area contributed by atoms with Crippen LogP contribution in [-0.4, -0.2) is 56.0 Å². The average Bonchev–Trinajstić information content (AvgIpc) is 3.31. The molecule has 0 aliphatic carbocycles. The summed E-state index contributed by atoms with van der Waals surface area (Å²) in [5, 5.41) is 6.82. The molecule has 3 aromatic rings. The van der Waals surface area contributed by atoms with Crippen molar-refractivity contribution in [3.05, 3.63) is 80.9 Å². The molecule has 5 rings (SSSR count). The SMILES string of the molecule is CNC(=O)[C@@H]1CN([C@H](C)c2ccc(C(F)(F)F)nc2)Cc2c3c(nn21)C[C@@H](C)N(C(=O)c1ccc(Cl)c(C(F)(F)F)c1)C3. The van der Waals surface area contributed by atoms with Crippen molar-refractivity contribution in [3.63, 3.8) is 0 Å². The number of carbonyl (C=O) groups is 2. The van der Waals surface area contributed by atoms with Gasteiger partial charge in [0, 0.05) is 62.5 Å². The zero-order valence-corrected chi connectivity index (χ0v) is 24.0. The molecule has 0 spiro atoms. The molecule has 230 valence electrons. The molecule has 0 saturated heterocycles. The minimum absolute atomic E-state index is 0.0408. The standard InChI is InChI=1S/C28H27ClF6N6O2/c1-14-8-21-18(11-40(14)26(43)16-4-6-20(29)19(9-16)27(30,31)32)22-12-39(13-23(25(42)36-3)41(22)38-21)15(2)17-5-7-24(37-10-17)28(33,34)35/h4-7,9-10,14-15,23H,8,11-13H2,1-3H3,(H,36,42)/t14-,15-,23+/m1/s1. The highest BCUT2D eigenvalue weighted by Crippen LogP contribution is 2.38. The first-order valence-corrected chi connectivity index (χ1v) is 13.7. The van der Waals surface area contributed by atoms with Crippen LogP contribution < -0.4 is 5.32 Å². The van der Waals surface area contributed by atoms with Gasteiger partial charge in [-0.1, -0.05) is 17.7 Å². The van der Waals surface area contributed by atoms with E-state index in [2.05, 4.69) is 10.3 Å². The molecule has 0 saturated carbocycles. The Morgan fingerprint density at radius 2 is 1.79 bits per heavy atom. The van der Waals surface area contributed by atoms with Crippen LogP contribution in [0.15, 0.2) is 36.5 Å². The van der Waals surface area contributed by atoms with E-state index in [1.807, 2.05) is 4.90 Å². The number of rotatable bonds is 4. The molecule has 8 nitrogen and oxygen atoms in total. The normalized spacial score (nSPS) is 19.9. The highest BCUT2D eigenvalue weighted by Gasteiger charge is 2.40. The number of alkyl halides is 6. The van der Waals surface area contributed by atoms with E-state index in [0.29, 0.717) is 28.9 Å². The fourth-order valence-corrected chi connectivity index (χ4v) is 5.82. The van der Waals surface area contributed by atoms with Crippen molar-refractivity contribution in [2.75, 3.05) is 13.6 Å². The Hall–Kier alpha value is -3.65. The molecule has 2 amide bonds. The first-order valence-electron chi connectivity index (χ1n) is 13.4. The van der Waals surface area contributed by atoms with Crippen LogP contribution in [0.1, 0.15) is 70.1 Å². The lowest BCUT2D eigenvalue weighted by molar-refractivity contribution is -0.141. The maximum absolute atomic E-state index is 13.5. The third-order valence-corrected chi connectivity index (χ3v) is 8.37. The van der Waals surface area contributed by atoms with Crippen LogP contribution in [0.3, 0.4) is 0 Å². The fourth-order valence-electron chi connectivity index (χ4n) is 5.60. The number of halogens is 7. The van der Waals surface area contributed by atoms with Gasteiger partial charge >= 0.3 is 12.4 Å². The Morgan fingerprint density at radius 1 is 1.07 bits per heavy atom. The summed E-state index contributed by atoms with van der Waals surface area (Å²) < 4.78 is 81.2. The Kier molecular flexibility index (Phi) is 7.97. The van der Waals surface area contributed by atoms with E-state index < -0.39 is 52.7 Å². The maximum Gasteiger partial charge on any atom is 0.433 e. The average molecular weight is 629 g/mol. The summed E-state index contributed by atoms with van der Waals surface area (Å²) in [7, 11) is 1.48. The van der Waals surface area contributed by atoms with Gasteiger partial charge in [-0.2, -0.15) is 31.4 Å². The van der Waals surface area contributed by atoms with Gasteiger partial charge < -0.3 is 10.2 Å². The second kappa shape index (κ2) is 11.1. The van der Waals surface area contributed by atoms with E-state index in [4.69, 9.17) is 16.7 Å². The molecule has 0 bridgehead atoms. The number of carbonyl (C=O) groups excluding carboxylic acids is 2. The van der Waals surface area contributed by atoms with Crippen molar-refractivity contribution >= 4 is 23.4 Å². The molecule has 2 aliphatic heterocycles. The van der Waals surface area contributed by atoms with Crippen LogP contribution in [0.5, 0.6) is 0 Å². The lowest BCUT2D eigenvalue weighted by Crippen LogP contribution is -2.45. The second-order valence-electron chi connectivity index (χ2n) is 10.7. The summed E-state index contributed by atoms with van der Waals surface area (Å²) >= 11 is 5.75. The first-order chi connectivity index (χ1) is 20.1. The third-order valence-electron chi connectivity index (χ3n) is 8.04. The van der Waals surface area contributed by atoms with Gasteiger partial charge in [0.2, 0.25) is 5.91 Å². The zero-order chi connectivity index (χ0) is 31.4. The third kappa shape index (κ3) is 5.81. The van der Waals surface area contributed by atoms with Gasteiger partial charge in [0.05, 0.1) is 22.0 Å². The quantitative estimate of drug-likeness (QED) is 0.390. The Morgan fingerprint density at radius 3 is 2.40 bits per heavy atom. The summed E-state index contributed by atoms with van der Waals surface area (Å²) in [6.45, 7) is 4.06. The van der Waals surface area contributed by atoms with Gasteiger partial charge in [0.25, 0.3) is 5.91 Å². The van der Waals surface area contributed by atoms with E-state index in [0.717, 1.165) is 24.4 Å². The van der Waals surface area contributed by atoms with Crippen molar-refractivity contribution in [2.45, 2.75) is 63.8 Å². The molecule has 4 heterocycles. The number of pyridine rings is 1. The van der Waals surface area contributed by atoms with Crippen molar-refractivity contribution in [1.29, 1.82) is 0 Å². The summed E-state index contributed by atoms with van der Waals surface area (Å²) in [4.78, 5) is 33.4. The van der Waals surface area contributed by atoms with Crippen molar-refractivity contribution in [3.8, 4) is 0 Å². The maximum atomic E-state index is 13.5. The van der Waals surface area contributed by atoms with Crippen LogP contribution in [0.4, 0.5) is 26.3 Å². The van der Waals surface area contributed by atoms with Crippen LogP contribution in [0, 0.1) is 0 Å². The molecular weight excluding hydrogens is 602 g/mol. The van der Waals surface area contributed by atoms with Gasteiger partial charge in [-0.15, -0.1) is 0 Å². The summed E-state index contributed by atoms with van der Waals surface area (Å²) in [6, 6.07) is 3.68. The number of benzene rings is 1. The van der Waals surface area contributed by atoms with Gasteiger partial charge in [-0.3, -0.25) is 24.2 Å². The van der Waals surface area contributed by atoms with E-state index in [1.165, 1.54) is 24.1 Å². The topological polar surface area (TPSA) is 83.4 Å². The number of likely N-dealkylation sites (N-methyl/N-ethyl adjacent to an activating group) is 1. The van der Waals surface area contributed by atoms with Gasteiger partial charge in [0.15, 0.2) is 0 Å². The van der Waals surface area contributed by atoms with E-state index >= 15 is 0 Å². The van der Waals surface area contributed by atoms with Gasteiger partial charge in [0.1, 0.15) is 11.7 Å². The van der Waals surface area contributed by atoms with Crippen molar-refractivity contribution in [1.82, 2.24) is 29.9 Å². The van der Waals surface area contributed by atoms with Gasteiger partial charge in [-0.05, 0) is 43.7 Å². The smallest absolute Gasteiger partial charge is 0.357 e. The highest BCUT2D eigenvalue weighted by molar-refractivity contribution is 6.31. The molecule has 1 aromatic carbocycles. The highest BCUT2D eigenvalue weighted by atomic mass is 35.5. The number of hydrogen-bond acceptors (Lipinski definition) is 5. The molecule has 43 heavy (non-hydrogen) atoms. The number of fused-ring (bicyclic) bond motifs is 3. The van der Waals surface area contributed by atoms with E-state index in [1.54, 1.807) is 18.5 Å². The molecule has 2 aliphatic rings. The molecule has 0 unspecified atom stereocenters. The number of nitrogens with one attached hydrogen (secondary N) is 1. The predicted molar refractivity (Wildman–Crippen MR) is 143 cm³/mol. The van der Waals surface area contributed by atoms with E-state index in [-0.39, 0.29) is 31.1 Å². The van der Waals surface area contributed by atoms with E-state index in [9.17, 15) is 35.9 Å². The van der Waals surface area contributed by atoms with Crippen molar-refractivity contribution < 1.29 is 35.9 Å². The number of nitrogens with zero attached hydrogens (tertiary/aromatic N) is 5. The lowest BCUT2D eigenvalue weighted by Gasteiger charge is -2.38. The van der Waals surface area contributed by atoms with Crippen molar-refractivity contribution in [2.24, 2.45) is 0 Å². The molecule has 0 radical (unpaired) electrons. The first kappa shape index (κ1) is 30.8. The summed E-state index contributed by atoms with van der Waals surface area (Å²) in [6.07, 6.45) is -7.85. The van der Waals surface area contributed by atoms with Crippen LogP contribution in [0.25, 0.3) is 0 Å². The molecular formula is C28H27ClF6N6O2. The number of aromatic nitrogens is 3. The Labute approximate surface area is 247 Å². The number of hydrogen-bond donors (Lipinski definition) is 1. The summed E-state index contributed by atoms with van der Waals surface area (Å²) in [5.41, 5.74) is 0.202. The molecule has 15 heteroatoms. The van der Waals surface area contributed by atoms with Crippen LogP contribution in [-0.2, 0) is 36.7 Å². The predicted octanol–water partition coefficient (Wildman–Crippen LogP) is 5.42. The zero-order valence-electron chi connectivity index (χ0n) is 23.2. The molecule has 1 N–H and O–H groups in total. The minimum atomic E-state index is -4.74. The lowest BCUT2D eigenvalue weighted by atomic mass is 9.96. The fraction of sp³-hybridized carbons (Fsp3) is 0.429. The van der Waals surface area contributed by atoms with Gasteiger partial charge in [-0.25, -0.2) is 0 Å². The summed E-state index contributed by atoms with van der Waals surface area (Å²) in [5.74, 6) is -0.939. The molecule has 0 fully saturated rings. The minimum Gasteiger partial charge on any atom is -0.357 e. The molecule has 3 atom stereocenters.